The van der Waals surface area contributed by atoms with Gasteiger partial charge in [0.25, 0.3) is 0 Å². The van der Waals surface area contributed by atoms with E-state index in [9.17, 15) is 0 Å². The van der Waals surface area contributed by atoms with E-state index < -0.39 is 0 Å². The van der Waals surface area contributed by atoms with Crippen LogP contribution in [0.2, 0.25) is 0 Å². The summed E-state index contributed by atoms with van der Waals surface area (Å²) in [6.45, 7) is 3.79. The third-order valence-corrected chi connectivity index (χ3v) is 3.79. The molecule has 1 aliphatic heterocycles. The Hall–Kier alpha value is -0.720. The van der Waals surface area contributed by atoms with Gasteiger partial charge in [-0.2, -0.15) is 4.37 Å². The Morgan fingerprint density at radius 2 is 2.53 bits per heavy atom. The van der Waals surface area contributed by atoms with Gasteiger partial charge in [-0.05, 0) is 19.3 Å². The van der Waals surface area contributed by atoms with Crippen LogP contribution in [-0.4, -0.2) is 48.8 Å². The first-order valence-corrected chi connectivity index (χ1v) is 6.92. The van der Waals surface area contributed by atoms with Crippen LogP contribution in [0.4, 0.5) is 5.13 Å². The van der Waals surface area contributed by atoms with Crippen molar-refractivity contribution in [1.29, 1.82) is 0 Å². The molecule has 2 heterocycles. The summed E-state index contributed by atoms with van der Waals surface area (Å²) >= 11 is 1.49. The number of anilines is 1. The van der Waals surface area contributed by atoms with E-state index >= 15 is 0 Å². The van der Waals surface area contributed by atoms with Gasteiger partial charge < -0.3 is 15.0 Å². The Kier molecular flexibility index (Phi) is 5.15. The lowest BCUT2D eigenvalue weighted by Crippen LogP contribution is -2.46. The summed E-state index contributed by atoms with van der Waals surface area (Å²) in [5, 5.41) is 4.50. The lowest BCUT2D eigenvalue weighted by molar-refractivity contribution is 0.198. The monoisotopic (exact) mass is 256 g/mol. The Balaban J connectivity index is 1.84. The first-order chi connectivity index (χ1) is 8.42. The highest BCUT2D eigenvalue weighted by molar-refractivity contribution is 7.09. The van der Waals surface area contributed by atoms with Gasteiger partial charge >= 0.3 is 0 Å². The third kappa shape index (κ3) is 3.62. The van der Waals surface area contributed by atoms with Gasteiger partial charge in [-0.25, -0.2) is 4.98 Å². The fourth-order valence-electron chi connectivity index (χ4n) is 2.20. The second kappa shape index (κ2) is 6.88. The highest BCUT2D eigenvalue weighted by Crippen LogP contribution is 2.24. The molecule has 1 aromatic rings. The summed E-state index contributed by atoms with van der Waals surface area (Å²) in [4.78, 5) is 6.71. The topological polar surface area (TPSA) is 50.3 Å². The van der Waals surface area contributed by atoms with Gasteiger partial charge in [0, 0.05) is 44.3 Å². The highest BCUT2D eigenvalue weighted by atomic mass is 32.1. The smallest absolute Gasteiger partial charge is 0.205 e. The van der Waals surface area contributed by atoms with Crippen LogP contribution >= 0.6 is 11.5 Å². The molecule has 96 valence electrons. The molecular weight excluding hydrogens is 236 g/mol. The molecule has 1 atom stereocenters. The van der Waals surface area contributed by atoms with E-state index in [-0.39, 0.29) is 0 Å². The van der Waals surface area contributed by atoms with E-state index in [1.165, 1.54) is 30.8 Å². The van der Waals surface area contributed by atoms with Gasteiger partial charge in [-0.15, -0.1) is 0 Å². The molecule has 0 aliphatic carbocycles. The summed E-state index contributed by atoms with van der Waals surface area (Å²) in [6, 6.07) is 0.550. The lowest BCUT2D eigenvalue weighted by Gasteiger charge is -2.35. The fraction of sp³-hybridized carbons (Fsp3) is 0.818. The molecule has 1 aliphatic rings. The zero-order valence-corrected chi connectivity index (χ0v) is 11.1. The van der Waals surface area contributed by atoms with Crippen LogP contribution in [0.25, 0.3) is 0 Å². The average molecular weight is 256 g/mol. The quantitative estimate of drug-likeness (QED) is 0.773. The van der Waals surface area contributed by atoms with Gasteiger partial charge in [-0.3, -0.25) is 0 Å². The maximum absolute atomic E-state index is 5.03. The van der Waals surface area contributed by atoms with E-state index in [4.69, 9.17) is 4.74 Å². The number of rotatable bonds is 6. The van der Waals surface area contributed by atoms with Gasteiger partial charge in [0.2, 0.25) is 5.13 Å². The van der Waals surface area contributed by atoms with Crippen LogP contribution < -0.4 is 10.2 Å². The molecule has 0 aromatic carbocycles. The van der Waals surface area contributed by atoms with Crippen molar-refractivity contribution < 1.29 is 4.74 Å². The van der Waals surface area contributed by atoms with Crippen LogP contribution in [0.5, 0.6) is 0 Å². The fourth-order valence-corrected chi connectivity index (χ4v) is 2.83. The maximum atomic E-state index is 5.03. The molecule has 2 rings (SSSR count). The summed E-state index contributed by atoms with van der Waals surface area (Å²) in [6.07, 6.45) is 5.45. The molecule has 1 aromatic heterocycles. The van der Waals surface area contributed by atoms with Gasteiger partial charge in [0.15, 0.2) is 0 Å². The van der Waals surface area contributed by atoms with Crippen molar-refractivity contribution in [3.8, 4) is 0 Å². The van der Waals surface area contributed by atoms with Crippen molar-refractivity contribution >= 4 is 16.7 Å². The van der Waals surface area contributed by atoms with Crippen LogP contribution in [0.1, 0.15) is 19.3 Å². The van der Waals surface area contributed by atoms with Crippen molar-refractivity contribution in [2.45, 2.75) is 25.3 Å². The largest absolute Gasteiger partial charge is 0.383 e. The minimum Gasteiger partial charge on any atom is -0.383 e. The van der Waals surface area contributed by atoms with E-state index in [1.807, 2.05) is 0 Å². The van der Waals surface area contributed by atoms with Gasteiger partial charge in [0.05, 0.1) is 6.61 Å². The number of aromatic nitrogens is 2. The van der Waals surface area contributed by atoms with E-state index in [1.54, 1.807) is 13.4 Å². The average Bonchev–Trinajstić information content (AvgIpc) is 2.89. The zero-order chi connectivity index (χ0) is 11.9. The molecule has 5 nitrogen and oxygen atoms in total. The third-order valence-electron chi connectivity index (χ3n) is 3.09. The number of methoxy groups -OCH3 is 1. The normalized spacial score (nSPS) is 20.8. The first kappa shape index (κ1) is 12.7. The number of hydrogen-bond donors (Lipinski definition) is 1. The van der Waals surface area contributed by atoms with Crippen molar-refractivity contribution in [1.82, 2.24) is 14.7 Å². The molecule has 0 bridgehead atoms. The van der Waals surface area contributed by atoms with E-state index in [0.717, 1.165) is 31.4 Å². The van der Waals surface area contributed by atoms with Gasteiger partial charge in [0.1, 0.15) is 6.33 Å². The first-order valence-electron chi connectivity index (χ1n) is 6.15. The van der Waals surface area contributed by atoms with E-state index in [0.29, 0.717) is 6.04 Å². The number of ether oxygens (including phenoxy) is 1. The summed E-state index contributed by atoms with van der Waals surface area (Å²) in [5.41, 5.74) is 0. The standard InChI is InChI=1S/C11H20N4OS/c1-16-7-5-12-8-10-4-2-3-6-15(10)11-13-9-14-17-11/h9-10,12H,2-8H2,1H3. The Bertz CT molecular complexity index is 306. The maximum Gasteiger partial charge on any atom is 0.205 e. The van der Waals surface area contributed by atoms with E-state index in [2.05, 4.69) is 19.6 Å². The molecule has 1 fully saturated rings. The second-order valence-corrected chi connectivity index (χ2v) is 5.02. The van der Waals surface area contributed by atoms with Crippen LogP contribution in [0, 0.1) is 0 Å². The zero-order valence-electron chi connectivity index (χ0n) is 10.3. The number of hydrogen-bond acceptors (Lipinski definition) is 6. The molecule has 1 saturated heterocycles. The molecule has 0 spiro atoms. The summed E-state index contributed by atoms with van der Waals surface area (Å²) in [5.74, 6) is 0. The summed E-state index contributed by atoms with van der Waals surface area (Å²) in [7, 11) is 1.73. The number of piperidine rings is 1. The molecule has 0 amide bonds. The predicted octanol–water partition coefficient (Wildman–Crippen LogP) is 1.13. The van der Waals surface area contributed by atoms with Crippen LogP contribution in [0.15, 0.2) is 6.33 Å². The van der Waals surface area contributed by atoms with Crippen molar-refractivity contribution in [2.24, 2.45) is 0 Å². The molecule has 17 heavy (non-hydrogen) atoms. The molecule has 1 N–H and O–H groups in total. The Labute approximate surface area is 106 Å². The molecule has 6 heteroatoms. The Morgan fingerprint density at radius 1 is 1.59 bits per heavy atom. The van der Waals surface area contributed by atoms with Crippen molar-refractivity contribution in [3.63, 3.8) is 0 Å². The summed E-state index contributed by atoms with van der Waals surface area (Å²) < 4.78 is 9.12. The minimum absolute atomic E-state index is 0.550. The molecule has 0 saturated carbocycles. The van der Waals surface area contributed by atoms with Gasteiger partial charge in [-0.1, -0.05) is 0 Å². The van der Waals surface area contributed by atoms with Crippen LogP contribution in [-0.2, 0) is 4.74 Å². The predicted molar refractivity (Wildman–Crippen MR) is 69.6 cm³/mol. The SMILES string of the molecule is COCCNCC1CCCCN1c1ncns1. The number of nitrogens with zero attached hydrogens (tertiary/aromatic N) is 3. The minimum atomic E-state index is 0.550. The van der Waals surface area contributed by atoms with Crippen LogP contribution in [0.3, 0.4) is 0 Å². The molecular formula is C11H20N4OS. The lowest BCUT2D eigenvalue weighted by atomic mass is 10.0. The number of nitrogens with one attached hydrogen (secondary N) is 1. The van der Waals surface area contributed by atoms with Crippen molar-refractivity contribution in [3.05, 3.63) is 6.33 Å². The molecule has 1 unspecified atom stereocenters. The Morgan fingerprint density at radius 3 is 3.29 bits per heavy atom. The second-order valence-electron chi connectivity index (χ2n) is 4.26. The van der Waals surface area contributed by atoms with Crippen molar-refractivity contribution in [2.75, 3.05) is 38.3 Å². The molecule has 0 radical (unpaired) electrons. The highest BCUT2D eigenvalue weighted by Gasteiger charge is 2.23.